The van der Waals surface area contributed by atoms with E-state index >= 15 is 0 Å². The molecule has 0 bridgehead atoms. The van der Waals surface area contributed by atoms with Gasteiger partial charge in [-0.1, -0.05) is 6.92 Å². The molecule has 3 atom stereocenters. The van der Waals surface area contributed by atoms with E-state index < -0.39 is 58.7 Å². The molecule has 1 aromatic heterocycles. The van der Waals surface area contributed by atoms with Crippen molar-refractivity contribution in [1.29, 1.82) is 0 Å². The van der Waals surface area contributed by atoms with Crippen LogP contribution in [0.2, 0.25) is 0 Å². The van der Waals surface area contributed by atoms with E-state index in [0.717, 1.165) is 25.1 Å². The molecule has 3 rings (SSSR count). The fourth-order valence-corrected chi connectivity index (χ4v) is 3.10. The molecule has 0 saturated heterocycles. The number of halogens is 8. The van der Waals surface area contributed by atoms with Gasteiger partial charge in [-0.05, 0) is 17.7 Å². The normalized spacial score (nSPS) is 21.6. The molecular formula is C18H10F8N2O. The Kier molecular flexibility index (Phi) is 4.93. The van der Waals surface area contributed by atoms with Crippen molar-refractivity contribution < 1.29 is 39.9 Å². The van der Waals surface area contributed by atoms with Crippen LogP contribution in [0.25, 0.3) is 4.85 Å². The molecule has 3 nitrogen and oxygen atoms in total. The van der Waals surface area contributed by atoms with Crippen molar-refractivity contribution in [3.8, 4) is 11.5 Å². The highest BCUT2D eigenvalue weighted by molar-refractivity contribution is 5.54. The van der Waals surface area contributed by atoms with E-state index in [2.05, 4.69) is 9.83 Å². The molecule has 0 spiro atoms. The lowest BCUT2D eigenvalue weighted by Gasteiger charge is -2.23. The molecule has 0 unspecified atom stereocenters. The number of aromatic nitrogens is 1. The summed E-state index contributed by atoms with van der Waals surface area (Å²) in [5.74, 6) is -9.04. The van der Waals surface area contributed by atoms with Crippen molar-refractivity contribution in [3.05, 3.63) is 58.5 Å². The second-order valence-corrected chi connectivity index (χ2v) is 6.36. The molecule has 0 amide bonds. The Morgan fingerprint density at radius 2 is 1.72 bits per heavy atom. The summed E-state index contributed by atoms with van der Waals surface area (Å²) in [6.07, 6.45) is -10.6. The van der Waals surface area contributed by atoms with Crippen LogP contribution in [0, 0.1) is 12.4 Å². The third-order valence-corrected chi connectivity index (χ3v) is 4.48. The Morgan fingerprint density at radius 3 is 2.31 bits per heavy atom. The Balaban J connectivity index is 2.18. The number of pyridine rings is 1. The van der Waals surface area contributed by atoms with Crippen LogP contribution < -0.4 is 4.74 Å². The molecule has 1 aliphatic carbocycles. The Hall–Kier alpha value is -2.90. The SMILES string of the molecule is [C-]#[N+]c1cc(F)cc(Oc2cnc(C(F)(F)C(F)(F)F)c3c2[C@@H](F)[C@@H](F)[C@H]3C)c1. The van der Waals surface area contributed by atoms with E-state index in [0.29, 0.717) is 6.20 Å². The van der Waals surface area contributed by atoms with E-state index in [-0.39, 0.29) is 11.4 Å². The predicted octanol–water partition coefficient (Wildman–Crippen LogP) is 6.68. The number of alkyl halides is 7. The highest BCUT2D eigenvalue weighted by Crippen LogP contribution is 2.54. The van der Waals surface area contributed by atoms with Crippen LogP contribution >= 0.6 is 0 Å². The minimum Gasteiger partial charge on any atom is -0.457 e. The van der Waals surface area contributed by atoms with Gasteiger partial charge in [0.1, 0.15) is 23.4 Å². The summed E-state index contributed by atoms with van der Waals surface area (Å²) in [6.45, 7) is 7.82. The van der Waals surface area contributed by atoms with Crippen LogP contribution in [0.3, 0.4) is 0 Å². The minimum atomic E-state index is -6.04. The molecule has 0 N–H and O–H groups in total. The van der Waals surface area contributed by atoms with Crippen molar-refractivity contribution in [2.75, 3.05) is 0 Å². The second-order valence-electron chi connectivity index (χ2n) is 6.36. The summed E-state index contributed by atoms with van der Waals surface area (Å²) in [5, 5.41) is 0. The lowest BCUT2D eigenvalue weighted by molar-refractivity contribution is -0.291. The quantitative estimate of drug-likeness (QED) is 0.407. The van der Waals surface area contributed by atoms with Gasteiger partial charge in [0.2, 0.25) is 0 Å². The number of rotatable bonds is 3. The fourth-order valence-electron chi connectivity index (χ4n) is 3.10. The number of hydrogen-bond donors (Lipinski definition) is 0. The van der Waals surface area contributed by atoms with Crippen molar-refractivity contribution in [2.24, 2.45) is 0 Å². The summed E-state index contributed by atoms with van der Waals surface area (Å²) in [7, 11) is 0. The molecule has 2 aromatic rings. The maximum absolute atomic E-state index is 14.5. The first-order chi connectivity index (χ1) is 13.4. The van der Waals surface area contributed by atoms with Crippen LogP contribution in [0.4, 0.5) is 40.8 Å². The summed E-state index contributed by atoms with van der Waals surface area (Å²) >= 11 is 0. The van der Waals surface area contributed by atoms with Crippen LogP contribution in [-0.2, 0) is 5.92 Å². The number of benzene rings is 1. The van der Waals surface area contributed by atoms with Crippen LogP contribution in [0.5, 0.6) is 11.5 Å². The van der Waals surface area contributed by atoms with Gasteiger partial charge in [-0.2, -0.15) is 22.0 Å². The Bertz CT molecular complexity index is 999. The molecule has 154 valence electrons. The molecule has 11 heteroatoms. The van der Waals surface area contributed by atoms with E-state index in [9.17, 15) is 35.1 Å². The summed E-state index contributed by atoms with van der Waals surface area (Å²) < 4.78 is 114. The monoisotopic (exact) mass is 422 g/mol. The van der Waals surface area contributed by atoms with Crippen molar-refractivity contribution in [1.82, 2.24) is 4.98 Å². The molecule has 1 aromatic carbocycles. The lowest BCUT2D eigenvalue weighted by atomic mass is 9.97. The van der Waals surface area contributed by atoms with E-state index in [1.807, 2.05) is 0 Å². The highest BCUT2D eigenvalue weighted by atomic mass is 19.4. The van der Waals surface area contributed by atoms with Gasteiger partial charge < -0.3 is 4.74 Å². The molecule has 29 heavy (non-hydrogen) atoms. The Morgan fingerprint density at radius 1 is 1.07 bits per heavy atom. The first-order valence-corrected chi connectivity index (χ1v) is 8.00. The van der Waals surface area contributed by atoms with Gasteiger partial charge in [-0.3, -0.25) is 4.98 Å². The molecule has 1 aliphatic rings. The highest BCUT2D eigenvalue weighted by Gasteiger charge is 2.62. The second kappa shape index (κ2) is 6.86. The average molecular weight is 422 g/mol. The van der Waals surface area contributed by atoms with Gasteiger partial charge in [0.15, 0.2) is 17.6 Å². The zero-order valence-electron chi connectivity index (χ0n) is 14.4. The van der Waals surface area contributed by atoms with E-state index in [1.165, 1.54) is 0 Å². The van der Waals surface area contributed by atoms with E-state index in [1.54, 1.807) is 0 Å². The smallest absolute Gasteiger partial charge is 0.457 e. The fraction of sp³-hybridized carbons (Fsp3) is 0.333. The molecule has 1 heterocycles. The third kappa shape index (κ3) is 3.36. The van der Waals surface area contributed by atoms with Crippen molar-refractivity contribution in [2.45, 2.75) is 37.3 Å². The minimum absolute atomic E-state index is 0.210. The van der Waals surface area contributed by atoms with Crippen LogP contribution in [0.15, 0.2) is 24.4 Å². The maximum Gasteiger partial charge on any atom is 0.459 e. The van der Waals surface area contributed by atoms with Gasteiger partial charge in [0, 0.05) is 17.5 Å². The molecule has 0 aliphatic heterocycles. The number of hydrogen-bond acceptors (Lipinski definition) is 2. The topological polar surface area (TPSA) is 26.5 Å². The average Bonchev–Trinajstić information content (AvgIpc) is 2.85. The maximum atomic E-state index is 14.5. The number of fused-ring (bicyclic) bond motifs is 1. The van der Waals surface area contributed by atoms with Crippen LogP contribution in [0.1, 0.15) is 35.8 Å². The van der Waals surface area contributed by atoms with Crippen molar-refractivity contribution in [3.63, 3.8) is 0 Å². The van der Waals surface area contributed by atoms with Gasteiger partial charge in [-0.25, -0.2) is 18.0 Å². The molecule has 0 saturated carbocycles. The van der Waals surface area contributed by atoms with Gasteiger partial charge in [0.05, 0.1) is 12.8 Å². The molecule has 0 radical (unpaired) electrons. The molecular weight excluding hydrogens is 412 g/mol. The lowest BCUT2D eigenvalue weighted by Crippen LogP contribution is -2.36. The predicted molar refractivity (Wildman–Crippen MR) is 84.1 cm³/mol. The zero-order valence-corrected chi connectivity index (χ0v) is 14.4. The zero-order chi connectivity index (χ0) is 21.7. The standard InChI is InChI=1S/C18H10F8N2O/c1-7-12-13(15(21)14(7)20)11(6-28-16(12)17(22,23)18(24,25)26)29-10-4-8(19)3-9(5-10)27-2/h3-7,14-15H,1H3/t7-,14-,15+/m0/s1. The van der Waals surface area contributed by atoms with Gasteiger partial charge in [0.25, 0.3) is 0 Å². The summed E-state index contributed by atoms with van der Waals surface area (Å²) in [4.78, 5) is 6.06. The largest absolute Gasteiger partial charge is 0.459 e. The summed E-state index contributed by atoms with van der Waals surface area (Å²) in [5.41, 5.74) is -3.83. The Labute approximate surface area is 158 Å². The third-order valence-electron chi connectivity index (χ3n) is 4.48. The number of ether oxygens (including phenoxy) is 1. The first-order valence-electron chi connectivity index (χ1n) is 8.00. The first kappa shape index (κ1) is 20.8. The van der Waals surface area contributed by atoms with E-state index in [4.69, 9.17) is 11.3 Å². The molecule has 0 fully saturated rings. The summed E-state index contributed by atoms with van der Waals surface area (Å²) in [6, 6.07) is 2.66. The van der Waals surface area contributed by atoms with Gasteiger partial charge in [-0.15, -0.1) is 0 Å². The van der Waals surface area contributed by atoms with Gasteiger partial charge >= 0.3 is 12.1 Å². The van der Waals surface area contributed by atoms with Crippen molar-refractivity contribution >= 4 is 5.69 Å². The number of nitrogens with zero attached hydrogens (tertiary/aromatic N) is 2. The van der Waals surface area contributed by atoms with Crippen LogP contribution in [-0.4, -0.2) is 17.3 Å².